The highest BCUT2D eigenvalue weighted by molar-refractivity contribution is 5.76. The third-order valence-corrected chi connectivity index (χ3v) is 3.30. The minimum Gasteiger partial charge on any atom is -0.504 e. The molecule has 0 aliphatic heterocycles. The van der Waals surface area contributed by atoms with Crippen molar-refractivity contribution in [3.05, 3.63) is 59.4 Å². The van der Waals surface area contributed by atoms with E-state index in [2.05, 4.69) is 0 Å². The van der Waals surface area contributed by atoms with E-state index in [1.54, 1.807) is 18.2 Å². The second-order valence-corrected chi connectivity index (χ2v) is 4.61. The molecule has 110 valence electrons. The van der Waals surface area contributed by atoms with Gasteiger partial charge in [0.2, 0.25) is 0 Å². The van der Waals surface area contributed by atoms with Crippen LogP contribution in [0.4, 0.5) is 4.39 Å². The zero-order valence-electron chi connectivity index (χ0n) is 11.4. The molecule has 0 saturated heterocycles. The van der Waals surface area contributed by atoms with Crippen LogP contribution >= 0.6 is 0 Å². The van der Waals surface area contributed by atoms with Gasteiger partial charge in [0.15, 0.2) is 11.5 Å². The van der Waals surface area contributed by atoms with E-state index in [0.29, 0.717) is 11.1 Å². The SMILES string of the molecule is COc1cccc(CC(C(=O)O)c2ccc(F)cc2)c1O. The van der Waals surface area contributed by atoms with E-state index in [9.17, 15) is 19.4 Å². The Morgan fingerprint density at radius 3 is 2.48 bits per heavy atom. The first-order valence-electron chi connectivity index (χ1n) is 6.36. The highest BCUT2D eigenvalue weighted by atomic mass is 19.1. The minimum atomic E-state index is -1.04. The maximum absolute atomic E-state index is 12.9. The van der Waals surface area contributed by atoms with Gasteiger partial charge < -0.3 is 14.9 Å². The number of hydrogen-bond acceptors (Lipinski definition) is 3. The molecule has 1 atom stereocenters. The Balaban J connectivity index is 2.33. The van der Waals surface area contributed by atoms with Crippen LogP contribution < -0.4 is 4.74 Å². The predicted octanol–water partition coefficient (Wildman–Crippen LogP) is 2.95. The molecule has 0 saturated carbocycles. The molecule has 1 unspecified atom stereocenters. The highest BCUT2D eigenvalue weighted by Crippen LogP contribution is 2.33. The van der Waals surface area contributed by atoms with Crippen LogP contribution in [0.3, 0.4) is 0 Å². The van der Waals surface area contributed by atoms with Gasteiger partial charge in [-0.25, -0.2) is 4.39 Å². The van der Waals surface area contributed by atoms with Crippen LogP contribution in [0.25, 0.3) is 0 Å². The van der Waals surface area contributed by atoms with Crippen LogP contribution in [0.15, 0.2) is 42.5 Å². The van der Waals surface area contributed by atoms with Crippen LogP contribution in [-0.2, 0) is 11.2 Å². The first-order valence-corrected chi connectivity index (χ1v) is 6.36. The first kappa shape index (κ1) is 14.8. The minimum absolute atomic E-state index is 0.0756. The molecule has 0 heterocycles. The van der Waals surface area contributed by atoms with Gasteiger partial charge in [0.1, 0.15) is 5.82 Å². The molecule has 4 nitrogen and oxygen atoms in total. The smallest absolute Gasteiger partial charge is 0.311 e. The van der Waals surface area contributed by atoms with Crippen molar-refractivity contribution in [2.24, 2.45) is 0 Å². The van der Waals surface area contributed by atoms with E-state index >= 15 is 0 Å². The molecule has 2 aromatic rings. The van der Waals surface area contributed by atoms with Crippen molar-refractivity contribution >= 4 is 5.97 Å². The third kappa shape index (κ3) is 3.31. The number of para-hydroxylation sites is 1. The molecule has 2 N–H and O–H groups in total. The van der Waals surface area contributed by atoms with E-state index < -0.39 is 17.7 Å². The Bertz CT molecular complexity index is 637. The van der Waals surface area contributed by atoms with E-state index in [4.69, 9.17) is 4.74 Å². The van der Waals surface area contributed by atoms with Crippen LogP contribution in [0.5, 0.6) is 11.5 Å². The fraction of sp³-hybridized carbons (Fsp3) is 0.188. The molecule has 2 rings (SSSR count). The normalized spacial score (nSPS) is 11.9. The number of benzene rings is 2. The number of halogens is 1. The molecule has 0 bridgehead atoms. The number of ether oxygens (including phenoxy) is 1. The van der Waals surface area contributed by atoms with Crippen LogP contribution in [0.2, 0.25) is 0 Å². The summed E-state index contributed by atoms with van der Waals surface area (Å²) in [4.78, 5) is 11.4. The Morgan fingerprint density at radius 2 is 1.90 bits per heavy atom. The van der Waals surface area contributed by atoms with Crippen molar-refractivity contribution in [1.29, 1.82) is 0 Å². The second-order valence-electron chi connectivity index (χ2n) is 4.61. The van der Waals surface area contributed by atoms with E-state index in [1.165, 1.54) is 31.4 Å². The molecule has 0 fully saturated rings. The van der Waals surface area contributed by atoms with Gasteiger partial charge in [-0.1, -0.05) is 24.3 Å². The van der Waals surface area contributed by atoms with E-state index in [1.807, 2.05) is 0 Å². The topological polar surface area (TPSA) is 66.8 Å². The molecule has 0 aromatic heterocycles. The summed E-state index contributed by atoms with van der Waals surface area (Å²) in [6.45, 7) is 0. The van der Waals surface area contributed by atoms with Gasteiger partial charge in [0.05, 0.1) is 13.0 Å². The van der Waals surface area contributed by atoms with Gasteiger partial charge in [-0.3, -0.25) is 4.79 Å². The second kappa shape index (κ2) is 6.26. The standard InChI is InChI=1S/C16H15FO4/c1-21-14-4-2-3-11(15(14)18)9-13(16(19)20)10-5-7-12(17)8-6-10/h2-8,13,18H,9H2,1H3,(H,19,20). The van der Waals surface area contributed by atoms with Gasteiger partial charge in [-0.2, -0.15) is 0 Å². The fourth-order valence-corrected chi connectivity index (χ4v) is 2.16. The third-order valence-electron chi connectivity index (χ3n) is 3.30. The lowest BCUT2D eigenvalue weighted by Gasteiger charge is -2.15. The maximum Gasteiger partial charge on any atom is 0.311 e. The van der Waals surface area contributed by atoms with Crippen molar-refractivity contribution in [2.75, 3.05) is 7.11 Å². The van der Waals surface area contributed by atoms with Gasteiger partial charge >= 0.3 is 5.97 Å². The summed E-state index contributed by atoms with van der Waals surface area (Å²) >= 11 is 0. The molecule has 0 spiro atoms. The average Bonchev–Trinajstić information content (AvgIpc) is 2.47. The summed E-state index contributed by atoms with van der Waals surface area (Å²) in [5.74, 6) is -2.12. The Labute approximate surface area is 121 Å². The zero-order chi connectivity index (χ0) is 15.4. The maximum atomic E-state index is 12.9. The first-order chi connectivity index (χ1) is 10.0. The van der Waals surface area contributed by atoms with Crippen molar-refractivity contribution in [1.82, 2.24) is 0 Å². The summed E-state index contributed by atoms with van der Waals surface area (Å²) in [5.41, 5.74) is 0.942. The quantitative estimate of drug-likeness (QED) is 0.888. The molecular weight excluding hydrogens is 275 g/mol. The van der Waals surface area contributed by atoms with Crippen molar-refractivity contribution in [3.8, 4) is 11.5 Å². The molecule has 21 heavy (non-hydrogen) atoms. The molecule has 0 aliphatic carbocycles. The fourth-order valence-electron chi connectivity index (χ4n) is 2.16. The van der Waals surface area contributed by atoms with E-state index in [-0.39, 0.29) is 17.9 Å². The number of carbonyl (C=O) groups is 1. The number of carboxylic acid groups (broad SMARTS) is 1. The lowest BCUT2D eigenvalue weighted by atomic mass is 9.91. The molecule has 5 heteroatoms. The Hall–Kier alpha value is -2.56. The van der Waals surface area contributed by atoms with Crippen molar-refractivity contribution in [3.63, 3.8) is 0 Å². The molecule has 0 amide bonds. The number of rotatable bonds is 5. The molecule has 2 aromatic carbocycles. The molecule has 0 radical (unpaired) electrons. The Kier molecular flexibility index (Phi) is 4.42. The summed E-state index contributed by atoms with van der Waals surface area (Å²) in [5, 5.41) is 19.4. The molecular formula is C16H15FO4. The summed E-state index contributed by atoms with van der Waals surface area (Å²) < 4.78 is 17.9. The lowest BCUT2D eigenvalue weighted by Crippen LogP contribution is -2.14. The number of phenolic OH excluding ortho intramolecular Hbond substituents is 1. The number of carboxylic acids is 1. The number of aromatic hydroxyl groups is 1. The number of phenols is 1. The largest absolute Gasteiger partial charge is 0.504 e. The lowest BCUT2D eigenvalue weighted by molar-refractivity contribution is -0.138. The Morgan fingerprint density at radius 1 is 1.24 bits per heavy atom. The monoisotopic (exact) mass is 290 g/mol. The highest BCUT2D eigenvalue weighted by Gasteiger charge is 2.22. The van der Waals surface area contributed by atoms with Crippen LogP contribution in [-0.4, -0.2) is 23.3 Å². The summed E-state index contributed by atoms with van der Waals surface area (Å²) in [6, 6.07) is 10.2. The number of hydrogen-bond donors (Lipinski definition) is 2. The average molecular weight is 290 g/mol. The van der Waals surface area contributed by atoms with Crippen molar-refractivity contribution in [2.45, 2.75) is 12.3 Å². The summed E-state index contributed by atoms with van der Waals surface area (Å²) in [6.07, 6.45) is 0.0873. The van der Waals surface area contributed by atoms with Crippen LogP contribution in [0.1, 0.15) is 17.0 Å². The summed E-state index contributed by atoms with van der Waals surface area (Å²) in [7, 11) is 1.42. The van der Waals surface area contributed by atoms with Gasteiger partial charge in [-0.05, 0) is 35.7 Å². The molecule has 0 aliphatic rings. The van der Waals surface area contributed by atoms with Gasteiger partial charge in [-0.15, -0.1) is 0 Å². The van der Waals surface area contributed by atoms with Crippen molar-refractivity contribution < 1.29 is 24.1 Å². The van der Waals surface area contributed by atoms with E-state index in [0.717, 1.165) is 0 Å². The number of methoxy groups -OCH3 is 1. The van der Waals surface area contributed by atoms with Crippen LogP contribution in [0, 0.1) is 5.82 Å². The predicted molar refractivity (Wildman–Crippen MR) is 75.1 cm³/mol. The number of aliphatic carboxylic acids is 1. The van der Waals surface area contributed by atoms with Gasteiger partial charge in [0.25, 0.3) is 0 Å². The zero-order valence-corrected chi connectivity index (χ0v) is 11.4. The van der Waals surface area contributed by atoms with Gasteiger partial charge in [0, 0.05) is 0 Å².